The predicted octanol–water partition coefficient (Wildman–Crippen LogP) is 4.38. The van der Waals surface area contributed by atoms with E-state index in [-0.39, 0.29) is 11.4 Å². The molecule has 0 aromatic heterocycles. The molecule has 0 unspecified atom stereocenters. The normalized spacial score (nSPS) is 11.1. The van der Waals surface area contributed by atoms with Gasteiger partial charge in [0.25, 0.3) is 0 Å². The molecule has 3 nitrogen and oxygen atoms in total. The molecule has 0 spiro atoms. The molecule has 0 bridgehead atoms. The van der Waals surface area contributed by atoms with Crippen LogP contribution in [-0.2, 0) is 16.7 Å². The van der Waals surface area contributed by atoms with Gasteiger partial charge >= 0.3 is 5.97 Å². The van der Waals surface area contributed by atoms with Crippen molar-refractivity contribution in [2.24, 2.45) is 0 Å². The first-order valence-corrected chi connectivity index (χ1v) is 7.42. The molecule has 0 atom stereocenters. The summed E-state index contributed by atoms with van der Waals surface area (Å²) in [5, 5.41) is 3.39. The molecular weight excluding hydrogens is 274 g/mol. The van der Waals surface area contributed by atoms with Crippen molar-refractivity contribution in [3.8, 4) is 0 Å². The van der Waals surface area contributed by atoms with Crippen LogP contribution in [0.4, 0.5) is 5.69 Å². The van der Waals surface area contributed by atoms with Crippen LogP contribution < -0.4 is 5.32 Å². The van der Waals surface area contributed by atoms with Crippen molar-refractivity contribution in [3.05, 3.63) is 65.2 Å². The lowest BCUT2D eigenvalue weighted by Gasteiger charge is -2.19. The summed E-state index contributed by atoms with van der Waals surface area (Å²) in [6, 6.07) is 15.9. The second-order valence-electron chi connectivity index (χ2n) is 6.37. The maximum Gasteiger partial charge on any atom is 0.337 e. The second-order valence-corrected chi connectivity index (χ2v) is 6.37. The summed E-state index contributed by atoms with van der Waals surface area (Å²) >= 11 is 0. The maximum absolute atomic E-state index is 11.4. The van der Waals surface area contributed by atoms with Crippen LogP contribution >= 0.6 is 0 Å². The highest BCUT2D eigenvalue weighted by Crippen LogP contribution is 2.23. The zero-order chi connectivity index (χ0) is 16.2. The van der Waals surface area contributed by atoms with Gasteiger partial charge in [-0.25, -0.2) is 4.79 Å². The van der Waals surface area contributed by atoms with E-state index in [4.69, 9.17) is 0 Å². The Bertz CT molecular complexity index is 622. The molecule has 0 amide bonds. The second kappa shape index (κ2) is 6.65. The number of anilines is 1. The SMILES string of the molecule is COC(=O)c1ccc(CNc2ccc(C(C)(C)C)cc2)cc1. The van der Waals surface area contributed by atoms with Gasteiger partial charge in [0.05, 0.1) is 12.7 Å². The third-order valence-electron chi connectivity index (χ3n) is 3.62. The Morgan fingerprint density at radius 2 is 1.59 bits per heavy atom. The van der Waals surface area contributed by atoms with E-state index in [0.717, 1.165) is 17.8 Å². The number of carbonyl (C=O) groups is 1. The molecule has 22 heavy (non-hydrogen) atoms. The number of ether oxygens (including phenoxy) is 1. The van der Waals surface area contributed by atoms with Gasteiger partial charge in [-0.15, -0.1) is 0 Å². The smallest absolute Gasteiger partial charge is 0.337 e. The number of methoxy groups -OCH3 is 1. The summed E-state index contributed by atoms with van der Waals surface area (Å²) in [5.74, 6) is -0.308. The molecule has 2 aromatic rings. The average molecular weight is 297 g/mol. The van der Waals surface area contributed by atoms with E-state index in [1.165, 1.54) is 12.7 Å². The first-order valence-electron chi connectivity index (χ1n) is 7.42. The van der Waals surface area contributed by atoms with Gasteiger partial charge in [0.2, 0.25) is 0 Å². The Morgan fingerprint density at radius 3 is 2.09 bits per heavy atom. The zero-order valence-electron chi connectivity index (χ0n) is 13.6. The van der Waals surface area contributed by atoms with Gasteiger partial charge in [-0.3, -0.25) is 0 Å². The number of carbonyl (C=O) groups excluding carboxylic acids is 1. The summed E-state index contributed by atoms with van der Waals surface area (Å²) in [5.41, 5.74) is 4.27. The monoisotopic (exact) mass is 297 g/mol. The minimum Gasteiger partial charge on any atom is -0.465 e. The topological polar surface area (TPSA) is 38.3 Å². The summed E-state index contributed by atoms with van der Waals surface area (Å²) in [7, 11) is 1.39. The Labute approximate surface area is 132 Å². The number of hydrogen-bond donors (Lipinski definition) is 1. The van der Waals surface area contributed by atoms with Gasteiger partial charge in [-0.1, -0.05) is 45.0 Å². The lowest BCUT2D eigenvalue weighted by Crippen LogP contribution is -2.10. The van der Waals surface area contributed by atoms with Gasteiger partial charge in [-0.2, -0.15) is 0 Å². The molecule has 3 heteroatoms. The fourth-order valence-corrected chi connectivity index (χ4v) is 2.17. The van der Waals surface area contributed by atoms with Crippen molar-refractivity contribution in [2.45, 2.75) is 32.7 Å². The summed E-state index contributed by atoms with van der Waals surface area (Å²) in [4.78, 5) is 11.4. The molecule has 0 aliphatic heterocycles. The molecule has 0 aliphatic rings. The first-order chi connectivity index (χ1) is 10.4. The Balaban J connectivity index is 1.97. The van der Waals surface area contributed by atoms with E-state index in [0.29, 0.717) is 5.56 Å². The highest BCUT2D eigenvalue weighted by Gasteiger charge is 2.12. The van der Waals surface area contributed by atoms with Crippen LogP contribution in [-0.4, -0.2) is 13.1 Å². The van der Waals surface area contributed by atoms with Crippen LogP contribution in [0.5, 0.6) is 0 Å². The minimum atomic E-state index is -0.308. The van der Waals surface area contributed by atoms with Gasteiger partial charge in [0.15, 0.2) is 0 Å². The van der Waals surface area contributed by atoms with Crippen molar-refractivity contribution in [3.63, 3.8) is 0 Å². The minimum absolute atomic E-state index is 0.169. The van der Waals surface area contributed by atoms with Crippen LogP contribution in [0.3, 0.4) is 0 Å². The third kappa shape index (κ3) is 4.10. The number of benzene rings is 2. The van der Waals surface area contributed by atoms with E-state index >= 15 is 0 Å². The zero-order valence-corrected chi connectivity index (χ0v) is 13.6. The summed E-state index contributed by atoms with van der Waals surface area (Å²) in [6.07, 6.45) is 0. The average Bonchev–Trinajstić information content (AvgIpc) is 2.52. The Morgan fingerprint density at radius 1 is 1.00 bits per heavy atom. The number of hydrogen-bond acceptors (Lipinski definition) is 3. The van der Waals surface area contributed by atoms with E-state index in [1.807, 2.05) is 12.1 Å². The van der Waals surface area contributed by atoms with E-state index in [9.17, 15) is 4.79 Å². The molecule has 2 rings (SSSR count). The van der Waals surface area contributed by atoms with E-state index in [2.05, 4.69) is 55.1 Å². The number of esters is 1. The number of nitrogens with one attached hydrogen (secondary N) is 1. The van der Waals surface area contributed by atoms with Crippen molar-refractivity contribution in [2.75, 3.05) is 12.4 Å². The van der Waals surface area contributed by atoms with Crippen LogP contribution in [0.25, 0.3) is 0 Å². The molecule has 0 radical (unpaired) electrons. The van der Waals surface area contributed by atoms with Gasteiger partial charge in [0, 0.05) is 12.2 Å². The van der Waals surface area contributed by atoms with Gasteiger partial charge in [-0.05, 0) is 40.8 Å². The lowest BCUT2D eigenvalue weighted by molar-refractivity contribution is 0.0600. The van der Waals surface area contributed by atoms with Crippen LogP contribution in [0.1, 0.15) is 42.3 Å². The highest BCUT2D eigenvalue weighted by molar-refractivity contribution is 5.89. The number of rotatable bonds is 4. The van der Waals surface area contributed by atoms with Crippen molar-refractivity contribution >= 4 is 11.7 Å². The molecule has 0 fully saturated rings. The largest absolute Gasteiger partial charge is 0.465 e. The molecule has 0 saturated carbocycles. The fraction of sp³-hybridized carbons (Fsp3) is 0.316. The molecule has 0 aliphatic carbocycles. The molecular formula is C19H23NO2. The highest BCUT2D eigenvalue weighted by atomic mass is 16.5. The summed E-state index contributed by atoms with van der Waals surface area (Å²) in [6.45, 7) is 7.34. The molecule has 0 heterocycles. The maximum atomic E-state index is 11.4. The van der Waals surface area contributed by atoms with Crippen LogP contribution in [0, 0.1) is 0 Å². The van der Waals surface area contributed by atoms with Crippen LogP contribution in [0.15, 0.2) is 48.5 Å². The molecule has 2 aromatic carbocycles. The van der Waals surface area contributed by atoms with Crippen molar-refractivity contribution in [1.82, 2.24) is 0 Å². The van der Waals surface area contributed by atoms with Crippen molar-refractivity contribution < 1.29 is 9.53 Å². The fourth-order valence-electron chi connectivity index (χ4n) is 2.17. The molecule has 1 N–H and O–H groups in total. The van der Waals surface area contributed by atoms with E-state index < -0.39 is 0 Å². The summed E-state index contributed by atoms with van der Waals surface area (Å²) < 4.78 is 4.69. The van der Waals surface area contributed by atoms with Gasteiger partial charge < -0.3 is 10.1 Å². The van der Waals surface area contributed by atoms with E-state index in [1.54, 1.807) is 12.1 Å². The predicted molar refractivity (Wildman–Crippen MR) is 90.3 cm³/mol. The first kappa shape index (κ1) is 16.1. The Kier molecular flexibility index (Phi) is 4.86. The standard InChI is InChI=1S/C19H23NO2/c1-19(2,3)16-9-11-17(12-10-16)20-13-14-5-7-15(8-6-14)18(21)22-4/h5-12,20H,13H2,1-4H3. The lowest BCUT2D eigenvalue weighted by atomic mass is 9.87. The van der Waals surface area contributed by atoms with Crippen molar-refractivity contribution in [1.29, 1.82) is 0 Å². The Hall–Kier alpha value is -2.29. The van der Waals surface area contributed by atoms with Gasteiger partial charge in [0.1, 0.15) is 0 Å². The third-order valence-corrected chi connectivity index (χ3v) is 3.62. The van der Waals surface area contributed by atoms with Crippen LogP contribution in [0.2, 0.25) is 0 Å². The quantitative estimate of drug-likeness (QED) is 0.851. The molecule has 116 valence electrons. The molecule has 0 saturated heterocycles.